The van der Waals surface area contributed by atoms with Crippen LogP contribution in [0.1, 0.15) is 27.7 Å². The fourth-order valence-electron chi connectivity index (χ4n) is 1.92. The molecule has 21 heavy (non-hydrogen) atoms. The molecule has 2 aromatic carbocycles. The van der Waals surface area contributed by atoms with Crippen molar-refractivity contribution < 1.29 is 15.9 Å². The van der Waals surface area contributed by atoms with Gasteiger partial charge in [-0.3, -0.25) is 0 Å². The molecular formula is C18H19F3. The Morgan fingerprint density at radius 3 is 1.71 bits per heavy atom. The van der Waals surface area contributed by atoms with Crippen LogP contribution in [-0.2, 0) is 6.37 Å². The van der Waals surface area contributed by atoms with Crippen LogP contribution in [0.25, 0.3) is 11.1 Å². The smallest absolute Gasteiger partial charge is 0.171 e. The van der Waals surface area contributed by atoms with E-state index in [0.29, 0.717) is 0 Å². The highest BCUT2D eigenvalue weighted by Crippen LogP contribution is 2.40. The Bertz CT molecular complexity index is 669. The van der Waals surface area contributed by atoms with Gasteiger partial charge in [0.05, 0.1) is 5.41 Å². The predicted molar refractivity (Wildman–Crippen MR) is 80.2 cm³/mol. The Morgan fingerprint density at radius 2 is 1.29 bits per heavy atom. The average molecular weight is 294 g/mol. The van der Waals surface area contributed by atoms with Gasteiger partial charge in [-0.2, -0.15) is 13.2 Å². The maximum atomic E-state index is 13.2. The lowest BCUT2D eigenvalue weighted by Gasteiger charge is -2.27. The Kier molecular flexibility index (Phi) is 3.42. The van der Waals surface area contributed by atoms with Gasteiger partial charge in [0.15, 0.2) is 0 Å². The second-order valence-corrected chi connectivity index (χ2v) is 5.69. The highest BCUT2D eigenvalue weighted by atomic mass is 19.4. The largest absolute Gasteiger partial charge is 0.394 e. The standard InChI is InChI=1S/C18H19F3/c1-13-4-8-15(9-5-13)16-10-6-14(7-11-16)12-17(2,3)18(19,20)21/h4-11H,12H2,1-3H3/i12D2. The molecule has 0 aromatic heterocycles. The molecule has 0 aliphatic carbocycles. The third-order valence-electron chi connectivity index (χ3n) is 3.44. The SMILES string of the molecule is [2H]C([2H])(c1ccc(-c2ccc(C)cc2)cc1)C(C)(C)C(F)(F)F. The van der Waals surface area contributed by atoms with Crippen LogP contribution in [0, 0.1) is 12.3 Å². The fourth-order valence-corrected chi connectivity index (χ4v) is 1.92. The number of alkyl halides is 3. The van der Waals surface area contributed by atoms with Crippen LogP contribution in [0.4, 0.5) is 13.2 Å². The van der Waals surface area contributed by atoms with Crippen LogP contribution in [0.3, 0.4) is 0 Å². The van der Waals surface area contributed by atoms with Gasteiger partial charge >= 0.3 is 6.18 Å². The van der Waals surface area contributed by atoms with E-state index >= 15 is 0 Å². The first-order valence-corrected chi connectivity index (χ1v) is 6.71. The zero-order chi connectivity index (χ0) is 17.5. The first-order valence-electron chi connectivity index (χ1n) is 7.71. The van der Waals surface area contributed by atoms with Gasteiger partial charge in [-0.05, 0) is 30.0 Å². The highest BCUT2D eigenvalue weighted by molar-refractivity contribution is 5.63. The van der Waals surface area contributed by atoms with E-state index in [0.717, 1.165) is 30.5 Å². The molecule has 0 spiro atoms. The molecule has 0 fully saturated rings. The molecule has 0 radical (unpaired) electrons. The minimum absolute atomic E-state index is 0.0238. The quantitative estimate of drug-likeness (QED) is 0.671. The number of hydrogen-bond acceptors (Lipinski definition) is 0. The summed E-state index contributed by atoms with van der Waals surface area (Å²) < 4.78 is 55.4. The Morgan fingerprint density at radius 1 is 0.857 bits per heavy atom. The van der Waals surface area contributed by atoms with Crippen molar-refractivity contribution in [3.8, 4) is 11.1 Å². The Labute approximate surface area is 126 Å². The topological polar surface area (TPSA) is 0 Å². The van der Waals surface area contributed by atoms with E-state index in [2.05, 4.69) is 0 Å². The summed E-state index contributed by atoms with van der Waals surface area (Å²) in [5, 5.41) is 0. The molecular weight excluding hydrogens is 273 g/mol. The van der Waals surface area contributed by atoms with Gasteiger partial charge in [-0.15, -0.1) is 0 Å². The molecule has 112 valence electrons. The molecule has 0 saturated carbocycles. The summed E-state index contributed by atoms with van der Waals surface area (Å²) in [6.45, 7) is 3.75. The maximum Gasteiger partial charge on any atom is 0.394 e. The minimum Gasteiger partial charge on any atom is -0.171 e. The molecule has 0 N–H and O–H groups in total. The maximum absolute atomic E-state index is 13.2. The normalized spacial score (nSPS) is 14.6. The lowest BCUT2D eigenvalue weighted by atomic mass is 9.85. The van der Waals surface area contributed by atoms with E-state index in [-0.39, 0.29) is 5.56 Å². The molecule has 0 nitrogen and oxygen atoms in total. The summed E-state index contributed by atoms with van der Waals surface area (Å²) >= 11 is 0. The van der Waals surface area contributed by atoms with E-state index in [1.807, 2.05) is 31.2 Å². The van der Waals surface area contributed by atoms with Crippen LogP contribution < -0.4 is 0 Å². The lowest BCUT2D eigenvalue weighted by Crippen LogP contribution is -2.34. The van der Waals surface area contributed by atoms with Crippen LogP contribution in [-0.4, -0.2) is 6.18 Å². The predicted octanol–water partition coefficient (Wildman–Crippen LogP) is 5.79. The first kappa shape index (κ1) is 12.9. The summed E-state index contributed by atoms with van der Waals surface area (Å²) in [5.74, 6) is 0. The Balaban J connectivity index is 2.37. The van der Waals surface area contributed by atoms with Crippen molar-refractivity contribution in [1.29, 1.82) is 0 Å². The molecule has 3 heteroatoms. The molecule has 2 aromatic rings. The zero-order valence-corrected chi connectivity index (χ0v) is 12.3. The monoisotopic (exact) mass is 294 g/mol. The van der Waals surface area contributed by atoms with Crippen LogP contribution >= 0.6 is 0 Å². The number of benzene rings is 2. The summed E-state index contributed by atoms with van der Waals surface area (Å²) in [6.07, 6.45) is -7.15. The van der Waals surface area contributed by atoms with E-state index in [4.69, 9.17) is 2.74 Å². The summed E-state index contributed by atoms with van der Waals surface area (Å²) in [7, 11) is 0. The number of hydrogen-bond donors (Lipinski definition) is 0. The van der Waals surface area contributed by atoms with E-state index in [9.17, 15) is 13.2 Å². The number of halogens is 3. The average Bonchev–Trinajstić information content (AvgIpc) is 2.47. The number of aryl methyl sites for hydroxylation is 1. The van der Waals surface area contributed by atoms with Crippen molar-refractivity contribution in [3.05, 3.63) is 59.7 Å². The van der Waals surface area contributed by atoms with Gasteiger partial charge in [-0.25, -0.2) is 0 Å². The van der Waals surface area contributed by atoms with Gasteiger partial charge in [0.1, 0.15) is 0 Å². The fraction of sp³-hybridized carbons (Fsp3) is 0.333. The van der Waals surface area contributed by atoms with Gasteiger partial charge < -0.3 is 0 Å². The summed E-state index contributed by atoms with van der Waals surface area (Å²) in [5.41, 5.74) is 0.447. The molecule has 0 atom stereocenters. The first-order chi connectivity index (χ1) is 10.5. The molecule has 0 saturated heterocycles. The lowest BCUT2D eigenvalue weighted by molar-refractivity contribution is -0.211. The third kappa shape index (κ3) is 3.66. The third-order valence-corrected chi connectivity index (χ3v) is 3.44. The van der Waals surface area contributed by atoms with Gasteiger partial charge in [0.25, 0.3) is 0 Å². The molecule has 2 rings (SSSR count). The molecule has 0 unspecified atom stereocenters. The highest BCUT2D eigenvalue weighted by Gasteiger charge is 2.46. The van der Waals surface area contributed by atoms with E-state index in [1.54, 1.807) is 12.1 Å². The summed E-state index contributed by atoms with van der Waals surface area (Å²) in [4.78, 5) is 0. The van der Waals surface area contributed by atoms with Gasteiger partial charge in [0.2, 0.25) is 0 Å². The van der Waals surface area contributed by atoms with Gasteiger partial charge in [-0.1, -0.05) is 67.9 Å². The van der Waals surface area contributed by atoms with Crippen LogP contribution in [0.2, 0.25) is 0 Å². The Hall–Kier alpha value is -1.77. The summed E-state index contributed by atoms with van der Waals surface area (Å²) in [6, 6.07) is 13.9. The molecule has 0 bridgehead atoms. The molecule has 0 aliphatic rings. The zero-order valence-electron chi connectivity index (χ0n) is 14.3. The van der Waals surface area contributed by atoms with Crippen molar-refractivity contribution in [2.75, 3.05) is 0 Å². The van der Waals surface area contributed by atoms with Gasteiger partial charge in [0, 0.05) is 2.74 Å². The van der Waals surface area contributed by atoms with Crippen molar-refractivity contribution in [3.63, 3.8) is 0 Å². The second-order valence-electron chi connectivity index (χ2n) is 5.69. The minimum atomic E-state index is -4.63. The molecule has 0 aliphatic heterocycles. The number of rotatable bonds is 3. The van der Waals surface area contributed by atoms with Crippen molar-refractivity contribution in [2.45, 2.75) is 33.3 Å². The van der Waals surface area contributed by atoms with E-state index in [1.165, 1.54) is 12.1 Å². The molecule has 0 heterocycles. The van der Waals surface area contributed by atoms with Crippen LogP contribution in [0.15, 0.2) is 48.5 Å². The van der Waals surface area contributed by atoms with E-state index < -0.39 is 18.0 Å². The molecule has 0 amide bonds. The van der Waals surface area contributed by atoms with Crippen molar-refractivity contribution in [2.24, 2.45) is 5.41 Å². The van der Waals surface area contributed by atoms with Crippen molar-refractivity contribution in [1.82, 2.24) is 0 Å². The van der Waals surface area contributed by atoms with Crippen molar-refractivity contribution >= 4 is 0 Å². The second kappa shape index (κ2) is 5.55. The van der Waals surface area contributed by atoms with Crippen LogP contribution in [0.5, 0.6) is 0 Å².